The van der Waals surface area contributed by atoms with Crippen molar-refractivity contribution < 1.29 is 22.7 Å². The molecule has 1 fully saturated rings. The SMILES string of the molecule is O=C(OCCOc1ccc(Cl)cc1)C1CCCN(S(=O)(=O)c2cccs2)C1. The molecule has 2 aromatic rings. The first-order chi connectivity index (χ1) is 13.0. The van der Waals surface area contributed by atoms with Crippen molar-refractivity contribution in [1.82, 2.24) is 4.31 Å². The number of benzene rings is 1. The van der Waals surface area contributed by atoms with Crippen LogP contribution in [0.15, 0.2) is 46.0 Å². The average Bonchev–Trinajstić information content (AvgIpc) is 3.22. The van der Waals surface area contributed by atoms with E-state index in [1.165, 1.54) is 15.6 Å². The minimum Gasteiger partial charge on any atom is -0.490 e. The summed E-state index contributed by atoms with van der Waals surface area (Å²) in [6.45, 7) is 0.897. The molecule has 1 atom stereocenters. The highest BCUT2D eigenvalue weighted by Gasteiger charge is 2.34. The molecule has 3 rings (SSSR count). The maximum absolute atomic E-state index is 12.6. The average molecular weight is 430 g/mol. The molecule has 0 radical (unpaired) electrons. The molecule has 1 unspecified atom stereocenters. The third-order valence-electron chi connectivity index (χ3n) is 4.22. The van der Waals surface area contributed by atoms with Gasteiger partial charge in [-0.1, -0.05) is 17.7 Å². The summed E-state index contributed by atoms with van der Waals surface area (Å²) in [5.74, 6) is -0.203. The van der Waals surface area contributed by atoms with Crippen molar-refractivity contribution in [2.75, 3.05) is 26.3 Å². The van der Waals surface area contributed by atoms with Crippen molar-refractivity contribution in [3.05, 3.63) is 46.8 Å². The number of nitrogens with zero attached hydrogens (tertiary/aromatic N) is 1. The van der Waals surface area contributed by atoms with E-state index >= 15 is 0 Å². The number of carbonyl (C=O) groups is 1. The zero-order valence-corrected chi connectivity index (χ0v) is 16.9. The smallest absolute Gasteiger partial charge is 0.310 e. The van der Waals surface area contributed by atoms with Gasteiger partial charge < -0.3 is 9.47 Å². The maximum Gasteiger partial charge on any atom is 0.310 e. The number of piperidine rings is 1. The highest BCUT2D eigenvalue weighted by molar-refractivity contribution is 7.91. The van der Waals surface area contributed by atoms with E-state index in [0.29, 0.717) is 34.4 Å². The fourth-order valence-corrected chi connectivity index (χ4v) is 5.64. The van der Waals surface area contributed by atoms with Gasteiger partial charge in [-0.3, -0.25) is 4.79 Å². The lowest BCUT2D eigenvalue weighted by atomic mass is 10.0. The number of halogens is 1. The highest BCUT2D eigenvalue weighted by Crippen LogP contribution is 2.26. The number of esters is 1. The first kappa shape index (κ1) is 20.1. The lowest BCUT2D eigenvalue weighted by molar-refractivity contribution is -0.150. The molecule has 0 bridgehead atoms. The molecule has 0 saturated carbocycles. The second-order valence-corrected chi connectivity index (χ2v) is 9.65. The first-order valence-electron chi connectivity index (χ1n) is 8.55. The summed E-state index contributed by atoms with van der Waals surface area (Å²) in [7, 11) is -3.54. The lowest BCUT2D eigenvalue weighted by Crippen LogP contribution is -2.42. The Morgan fingerprint density at radius 2 is 2.00 bits per heavy atom. The van der Waals surface area contributed by atoms with Crippen molar-refractivity contribution in [2.24, 2.45) is 5.92 Å². The van der Waals surface area contributed by atoms with E-state index in [9.17, 15) is 13.2 Å². The van der Waals surface area contributed by atoms with E-state index in [1.807, 2.05) is 0 Å². The number of thiophene rings is 1. The van der Waals surface area contributed by atoms with Gasteiger partial charge in [0.05, 0.1) is 5.92 Å². The summed E-state index contributed by atoms with van der Waals surface area (Å²) < 4.78 is 37.6. The summed E-state index contributed by atoms with van der Waals surface area (Å²) in [6.07, 6.45) is 1.25. The molecule has 1 aromatic heterocycles. The molecule has 1 aliphatic rings. The van der Waals surface area contributed by atoms with Crippen LogP contribution in [0, 0.1) is 5.92 Å². The van der Waals surface area contributed by atoms with Gasteiger partial charge in [-0.25, -0.2) is 8.42 Å². The maximum atomic E-state index is 12.6. The van der Waals surface area contributed by atoms with Crippen LogP contribution in [0.1, 0.15) is 12.8 Å². The Bertz CT molecular complexity index is 852. The van der Waals surface area contributed by atoms with Crippen molar-refractivity contribution in [3.8, 4) is 5.75 Å². The van der Waals surface area contributed by atoms with Crippen LogP contribution < -0.4 is 4.74 Å². The monoisotopic (exact) mass is 429 g/mol. The molecule has 1 aromatic carbocycles. The van der Waals surface area contributed by atoms with E-state index < -0.39 is 15.9 Å². The van der Waals surface area contributed by atoms with E-state index in [0.717, 1.165) is 0 Å². The van der Waals surface area contributed by atoms with Crippen molar-refractivity contribution >= 4 is 38.9 Å². The Balaban J connectivity index is 1.47. The van der Waals surface area contributed by atoms with Gasteiger partial charge in [0, 0.05) is 18.1 Å². The van der Waals surface area contributed by atoms with Gasteiger partial charge in [0.15, 0.2) is 0 Å². The van der Waals surface area contributed by atoms with Crippen LogP contribution in [0.4, 0.5) is 0 Å². The second kappa shape index (κ2) is 9.05. The number of ether oxygens (including phenoxy) is 2. The highest BCUT2D eigenvalue weighted by atomic mass is 35.5. The van der Waals surface area contributed by atoms with Gasteiger partial charge in [-0.2, -0.15) is 4.31 Å². The Labute approximate surface area is 167 Å². The van der Waals surface area contributed by atoms with E-state index in [1.54, 1.807) is 41.8 Å². The van der Waals surface area contributed by atoms with Crippen molar-refractivity contribution in [3.63, 3.8) is 0 Å². The third kappa shape index (κ3) is 5.22. The molecule has 2 heterocycles. The predicted molar refractivity (Wildman–Crippen MR) is 104 cm³/mol. The third-order valence-corrected chi connectivity index (χ3v) is 7.71. The number of hydrogen-bond acceptors (Lipinski definition) is 6. The first-order valence-corrected chi connectivity index (χ1v) is 11.3. The van der Waals surface area contributed by atoms with Gasteiger partial charge in [0.25, 0.3) is 10.0 Å². The van der Waals surface area contributed by atoms with Crippen LogP contribution in [0.2, 0.25) is 5.02 Å². The largest absolute Gasteiger partial charge is 0.490 e. The Kier molecular flexibility index (Phi) is 6.75. The molecule has 0 spiro atoms. The fraction of sp³-hybridized carbons (Fsp3) is 0.389. The second-order valence-electron chi connectivity index (χ2n) is 6.10. The van der Waals surface area contributed by atoms with Crippen LogP contribution in [-0.4, -0.2) is 45.0 Å². The van der Waals surface area contributed by atoms with Crippen molar-refractivity contribution in [1.29, 1.82) is 0 Å². The topological polar surface area (TPSA) is 72.9 Å². The van der Waals surface area contributed by atoms with E-state index in [4.69, 9.17) is 21.1 Å². The van der Waals surface area contributed by atoms with Crippen LogP contribution in [-0.2, 0) is 19.6 Å². The summed E-state index contributed by atoms with van der Waals surface area (Å²) in [5, 5.41) is 2.34. The van der Waals surface area contributed by atoms with Gasteiger partial charge in [-0.15, -0.1) is 11.3 Å². The molecule has 0 aliphatic carbocycles. The lowest BCUT2D eigenvalue weighted by Gasteiger charge is -2.30. The summed E-state index contributed by atoms with van der Waals surface area (Å²) in [6, 6.07) is 10.2. The number of rotatable bonds is 7. The molecule has 0 N–H and O–H groups in total. The quantitative estimate of drug-likeness (QED) is 0.498. The Hall–Kier alpha value is -1.61. The number of carbonyl (C=O) groups excluding carboxylic acids is 1. The summed E-state index contributed by atoms with van der Waals surface area (Å²) in [4.78, 5) is 12.3. The van der Waals surface area contributed by atoms with E-state index in [2.05, 4.69) is 0 Å². The minimum absolute atomic E-state index is 0.107. The number of hydrogen-bond donors (Lipinski definition) is 0. The summed E-state index contributed by atoms with van der Waals surface area (Å²) in [5.41, 5.74) is 0. The van der Waals surface area contributed by atoms with E-state index in [-0.39, 0.29) is 25.7 Å². The normalized spacial score (nSPS) is 18.2. The van der Waals surface area contributed by atoms with Crippen LogP contribution in [0.5, 0.6) is 5.75 Å². The zero-order chi connectivity index (χ0) is 19.3. The van der Waals surface area contributed by atoms with Gasteiger partial charge in [0.1, 0.15) is 23.2 Å². The number of sulfonamides is 1. The molecule has 1 saturated heterocycles. The molecule has 27 heavy (non-hydrogen) atoms. The molecule has 6 nitrogen and oxygen atoms in total. The molecule has 1 aliphatic heterocycles. The molecular weight excluding hydrogens is 410 g/mol. The van der Waals surface area contributed by atoms with Crippen LogP contribution in [0.25, 0.3) is 0 Å². The predicted octanol–water partition coefficient (Wildman–Crippen LogP) is 3.42. The van der Waals surface area contributed by atoms with Gasteiger partial charge in [-0.05, 0) is 48.6 Å². The molecule has 146 valence electrons. The van der Waals surface area contributed by atoms with Crippen LogP contribution in [0.3, 0.4) is 0 Å². The molecular formula is C18H20ClNO5S2. The Morgan fingerprint density at radius 3 is 2.70 bits per heavy atom. The minimum atomic E-state index is -3.54. The Morgan fingerprint density at radius 1 is 1.22 bits per heavy atom. The van der Waals surface area contributed by atoms with Crippen LogP contribution >= 0.6 is 22.9 Å². The zero-order valence-electron chi connectivity index (χ0n) is 14.5. The van der Waals surface area contributed by atoms with Crippen molar-refractivity contribution in [2.45, 2.75) is 17.1 Å². The molecule has 0 amide bonds. The fourth-order valence-electron chi connectivity index (χ4n) is 2.84. The summed E-state index contributed by atoms with van der Waals surface area (Å²) >= 11 is 6.98. The van der Waals surface area contributed by atoms with Gasteiger partial charge in [0.2, 0.25) is 0 Å². The van der Waals surface area contributed by atoms with Gasteiger partial charge >= 0.3 is 5.97 Å². The molecule has 9 heteroatoms. The standard InChI is InChI=1S/C18H20ClNO5S2/c19-15-5-7-16(8-6-15)24-10-11-25-18(21)14-3-1-9-20(13-14)27(22,23)17-4-2-12-26-17/h2,4-8,12,14H,1,3,9-11,13H2.